The minimum atomic E-state index is -3.16. The first-order chi connectivity index (χ1) is 16.7. The number of halogens is 2. The Labute approximate surface area is 206 Å². The van der Waals surface area contributed by atoms with Gasteiger partial charge in [0.05, 0.1) is 39.9 Å². The number of carbonyl (C=O) groups is 1. The van der Waals surface area contributed by atoms with Crippen LogP contribution in [0.25, 0.3) is 22.3 Å². The molecule has 35 heavy (non-hydrogen) atoms. The minimum absolute atomic E-state index is 0.0240. The normalized spacial score (nSPS) is 17.1. The summed E-state index contributed by atoms with van der Waals surface area (Å²) < 4.78 is 39.4. The van der Waals surface area contributed by atoms with E-state index in [0.717, 1.165) is 5.56 Å². The number of sulfone groups is 1. The molecule has 0 spiro atoms. The Bertz CT molecular complexity index is 1530. The molecule has 7 nitrogen and oxygen atoms in total. The summed E-state index contributed by atoms with van der Waals surface area (Å²) in [5.74, 6) is -0.640. The van der Waals surface area contributed by atoms with Gasteiger partial charge in [-0.15, -0.1) is 0 Å². The third-order valence-corrected chi connectivity index (χ3v) is 8.14. The lowest BCUT2D eigenvalue weighted by molar-refractivity contribution is 0.0952. The highest BCUT2D eigenvalue weighted by molar-refractivity contribution is 7.91. The van der Waals surface area contributed by atoms with E-state index >= 15 is 0 Å². The third kappa shape index (κ3) is 4.78. The second kappa shape index (κ2) is 9.05. The van der Waals surface area contributed by atoms with Crippen molar-refractivity contribution in [2.24, 2.45) is 0 Å². The van der Waals surface area contributed by atoms with Crippen molar-refractivity contribution in [3.05, 3.63) is 82.3 Å². The van der Waals surface area contributed by atoms with Gasteiger partial charge in [-0.3, -0.25) is 4.79 Å². The maximum absolute atomic E-state index is 13.5. The van der Waals surface area contributed by atoms with E-state index in [1.165, 1.54) is 12.1 Å². The molecule has 0 aliphatic carbocycles. The molecule has 0 radical (unpaired) electrons. The van der Waals surface area contributed by atoms with Crippen LogP contribution in [0, 0.1) is 12.7 Å². The average molecular weight is 513 g/mol. The van der Waals surface area contributed by atoms with Crippen molar-refractivity contribution < 1.29 is 17.6 Å². The van der Waals surface area contributed by atoms with E-state index < -0.39 is 9.84 Å². The van der Waals surface area contributed by atoms with Crippen LogP contribution >= 0.6 is 11.6 Å². The molecule has 2 aromatic carbocycles. The molecule has 1 aliphatic rings. The van der Waals surface area contributed by atoms with Crippen molar-refractivity contribution in [2.75, 3.05) is 11.5 Å². The molecule has 3 heterocycles. The van der Waals surface area contributed by atoms with Gasteiger partial charge >= 0.3 is 0 Å². The van der Waals surface area contributed by atoms with Crippen LogP contribution in [0.15, 0.2) is 54.6 Å². The minimum Gasteiger partial charge on any atom is -0.348 e. The Hall–Kier alpha value is -3.30. The number of nitrogens with one attached hydrogen (secondary N) is 1. The molecule has 1 amide bonds. The number of rotatable bonds is 5. The van der Waals surface area contributed by atoms with Gasteiger partial charge in [0, 0.05) is 17.1 Å². The van der Waals surface area contributed by atoms with Crippen LogP contribution in [0.2, 0.25) is 5.02 Å². The first-order valence-corrected chi connectivity index (χ1v) is 13.3. The molecular weight excluding hydrogens is 491 g/mol. The number of benzene rings is 2. The zero-order valence-corrected chi connectivity index (χ0v) is 20.4. The monoisotopic (exact) mass is 512 g/mol. The van der Waals surface area contributed by atoms with Gasteiger partial charge in [-0.2, -0.15) is 5.10 Å². The largest absolute Gasteiger partial charge is 0.348 e. The first-order valence-electron chi connectivity index (χ1n) is 11.1. The smallest absolute Gasteiger partial charge is 0.252 e. The number of hydrogen-bond acceptors (Lipinski definition) is 5. The lowest BCUT2D eigenvalue weighted by Gasteiger charge is -2.12. The number of fused-ring (bicyclic) bond motifs is 1. The fourth-order valence-electron chi connectivity index (χ4n) is 4.36. The van der Waals surface area contributed by atoms with Crippen LogP contribution < -0.4 is 5.32 Å². The van der Waals surface area contributed by atoms with Crippen LogP contribution in [0.5, 0.6) is 0 Å². The number of carbonyl (C=O) groups excluding carboxylic acids is 1. The number of aryl methyl sites for hydroxylation is 1. The number of pyridine rings is 1. The highest BCUT2D eigenvalue weighted by Gasteiger charge is 2.32. The molecule has 1 aliphatic heterocycles. The van der Waals surface area contributed by atoms with E-state index in [1.54, 1.807) is 41.9 Å². The summed E-state index contributed by atoms with van der Waals surface area (Å²) in [7, 11) is -3.16. The zero-order valence-electron chi connectivity index (χ0n) is 18.8. The molecule has 0 saturated carbocycles. The van der Waals surface area contributed by atoms with Crippen molar-refractivity contribution in [3.63, 3.8) is 0 Å². The van der Waals surface area contributed by atoms with Gasteiger partial charge in [-0.05, 0) is 61.4 Å². The summed E-state index contributed by atoms with van der Waals surface area (Å²) in [4.78, 5) is 18.1. The second-order valence-corrected chi connectivity index (χ2v) is 11.3. The van der Waals surface area contributed by atoms with Crippen LogP contribution in [-0.2, 0) is 16.4 Å². The molecule has 2 aromatic heterocycles. The summed E-state index contributed by atoms with van der Waals surface area (Å²) in [6.45, 7) is 2.07. The highest BCUT2D eigenvalue weighted by atomic mass is 35.5. The first kappa shape index (κ1) is 23.4. The number of nitrogens with zero attached hydrogens (tertiary/aromatic N) is 3. The van der Waals surface area contributed by atoms with Gasteiger partial charge in [0.2, 0.25) is 0 Å². The van der Waals surface area contributed by atoms with Gasteiger partial charge in [-0.1, -0.05) is 23.7 Å². The fraction of sp³-hybridized carbons (Fsp3) is 0.240. The number of aromatic nitrogens is 3. The molecule has 1 fully saturated rings. The Kier molecular flexibility index (Phi) is 6.06. The third-order valence-electron chi connectivity index (χ3n) is 6.14. The quantitative estimate of drug-likeness (QED) is 0.425. The molecule has 0 bridgehead atoms. The van der Waals surface area contributed by atoms with E-state index in [9.17, 15) is 17.6 Å². The Morgan fingerprint density at radius 2 is 1.89 bits per heavy atom. The molecule has 4 aromatic rings. The van der Waals surface area contributed by atoms with Gasteiger partial charge in [-0.25, -0.2) is 22.5 Å². The summed E-state index contributed by atoms with van der Waals surface area (Å²) in [5.41, 5.74) is 3.37. The average Bonchev–Trinajstić information content (AvgIpc) is 3.37. The Morgan fingerprint density at radius 1 is 1.17 bits per heavy atom. The molecule has 1 N–H and O–H groups in total. The summed E-state index contributed by atoms with van der Waals surface area (Å²) in [6.07, 6.45) is 0.430. The van der Waals surface area contributed by atoms with E-state index in [0.29, 0.717) is 51.5 Å². The predicted octanol–water partition coefficient (Wildman–Crippen LogP) is 4.49. The van der Waals surface area contributed by atoms with Crippen LogP contribution in [0.4, 0.5) is 4.39 Å². The highest BCUT2D eigenvalue weighted by Crippen LogP contribution is 2.32. The van der Waals surface area contributed by atoms with Crippen molar-refractivity contribution >= 4 is 38.4 Å². The maximum atomic E-state index is 13.5. The summed E-state index contributed by atoms with van der Waals surface area (Å²) in [5, 5.41) is 8.70. The van der Waals surface area contributed by atoms with Crippen LogP contribution in [0.3, 0.4) is 0 Å². The number of hydrogen-bond donors (Lipinski definition) is 1. The molecule has 1 unspecified atom stereocenters. The Balaban J connectivity index is 1.60. The van der Waals surface area contributed by atoms with Gasteiger partial charge in [0.15, 0.2) is 15.5 Å². The van der Waals surface area contributed by atoms with E-state index in [4.69, 9.17) is 16.6 Å². The van der Waals surface area contributed by atoms with Gasteiger partial charge < -0.3 is 5.32 Å². The molecule has 1 atom stereocenters. The second-order valence-electron chi connectivity index (χ2n) is 8.66. The zero-order chi connectivity index (χ0) is 24.7. The van der Waals surface area contributed by atoms with Gasteiger partial charge in [0.25, 0.3) is 5.91 Å². The topological polar surface area (TPSA) is 93.9 Å². The summed E-state index contributed by atoms with van der Waals surface area (Å²) >= 11 is 5.95. The van der Waals surface area contributed by atoms with Crippen LogP contribution in [0.1, 0.15) is 34.1 Å². The predicted molar refractivity (Wildman–Crippen MR) is 133 cm³/mol. The van der Waals surface area contributed by atoms with Crippen molar-refractivity contribution in [1.29, 1.82) is 0 Å². The summed E-state index contributed by atoms with van der Waals surface area (Å²) in [6, 6.07) is 14.3. The lowest BCUT2D eigenvalue weighted by Crippen LogP contribution is -2.23. The SMILES string of the molecule is Cc1nn(C2CCS(=O)(=O)C2)c2nc(-c3ccc(F)cc3)cc(C(=O)NCc3ccc(Cl)cc3)c12. The maximum Gasteiger partial charge on any atom is 0.252 e. The molecular formula is C25H22ClFN4O3S. The van der Waals surface area contributed by atoms with Crippen LogP contribution in [-0.4, -0.2) is 40.6 Å². The van der Waals surface area contributed by atoms with E-state index in [1.807, 2.05) is 12.1 Å². The molecule has 1 saturated heterocycles. The van der Waals surface area contributed by atoms with Crippen molar-refractivity contribution in [2.45, 2.75) is 25.9 Å². The standard InChI is InChI=1S/C25H22ClFN4O3S/c1-15-23-21(25(32)28-13-16-2-6-18(26)7-3-16)12-22(17-4-8-19(27)9-5-17)29-24(23)31(30-15)20-10-11-35(33,34)14-20/h2-9,12,20H,10-11,13-14H2,1H3,(H,28,32). The fourth-order valence-corrected chi connectivity index (χ4v) is 6.18. The van der Waals surface area contributed by atoms with Crippen molar-refractivity contribution in [3.8, 4) is 11.3 Å². The Morgan fingerprint density at radius 3 is 2.54 bits per heavy atom. The molecule has 10 heteroatoms. The van der Waals surface area contributed by atoms with Gasteiger partial charge in [0.1, 0.15) is 5.82 Å². The van der Waals surface area contributed by atoms with E-state index in [2.05, 4.69) is 10.4 Å². The van der Waals surface area contributed by atoms with E-state index in [-0.39, 0.29) is 29.3 Å². The lowest BCUT2D eigenvalue weighted by atomic mass is 10.0. The van der Waals surface area contributed by atoms with Crippen molar-refractivity contribution in [1.82, 2.24) is 20.1 Å². The molecule has 180 valence electrons. The molecule has 5 rings (SSSR count). The number of amides is 1.